The highest BCUT2D eigenvalue weighted by atomic mass is 32.1. The Morgan fingerprint density at radius 3 is 2.59 bits per heavy atom. The number of aryl methyl sites for hydroxylation is 1. The molecule has 1 atom stereocenters. The molecule has 0 aliphatic heterocycles. The highest BCUT2D eigenvalue weighted by Crippen LogP contribution is 2.38. The number of rotatable bonds is 5. The van der Waals surface area contributed by atoms with Crippen molar-refractivity contribution < 1.29 is 19.1 Å². The summed E-state index contributed by atoms with van der Waals surface area (Å²) in [5, 5.41) is 12.2. The summed E-state index contributed by atoms with van der Waals surface area (Å²) in [6.07, 6.45) is 3.09. The lowest BCUT2D eigenvalue weighted by molar-refractivity contribution is -0.122. The molecule has 6 nitrogen and oxygen atoms in total. The summed E-state index contributed by atoms with van der Waals surface area (Å²) in [5.74, 6) is -0.274. The number of benzene rings is 1. The molecule has 1 aromatic carbocycles. The fourth-order valence-corrected chi connectivity index (χ4v) is 4.33. The zero-order valence-corrected chi connectivity index (χ0v) is 16.0. The normalized spacial score (nSPS) is 13.8. The van der Waals surface area contributed by atoms with Crippen molar-refractivity contribution in [2.24, 2.45) is 0 Å². The van der Waals surface area contributed by atoms with E-state index in [1.54, 1.807) is 31.2 Å². The molecule has 0 saturated carbocycles. The molecule has 140 valence electrons. The number of fused-ring (bicyclic) bond motifs is 1. The lowest BCUT2D eigenvalue weighted by atomic mass is 9.95. The topological polar surface area (TPSA) is 88.4 Å². The van der Waals surface area contributed by atoms with Crippen LogP contribution in [0.15, 0.2) is 24.3 Å². The van der Waals surface area contributed by atoms with Gasteiger partial charge in [-0.05, 0) is 62.4 Å². The number of hydrogen-bond donors (Lipinski definition) is 1. The first-order chi connectivity index (χ1) is 13.0. The second kappa shape index (κ2) is 8.23. The number of nitriles is 1. The summed E-state index contributed by atoms with van der Waals surface area (Å²) >= 11 is 1.44. The van der Waals surface area contributed by atoms with Gasteiger partial charge in [0.1, 0.15) is 10.8 Å². The Kier molecular flexibility index (Phi) is 5.77. The fraction of sp³-hybridized carbons (Fsp3) is 0.350. The first-order valence-electron chi connectivity index (χ1n) is 8.74. The van der Waals surface area contributed by atoms with E-state index in [-0.39, 0.29) is 5.91 Å². The quantitative estimate of drug-likeness (QED) is 0.794. The molecule has 0 fully saturated rings. The number of hydrogen-bond acceptors (Lipinski definition) is 6. The third-order valence-electron chi connectivity index (χ3n) is 4.46. The molecule has 1 amide bonds. The van der Waals surface area contributed by atoms with Crippen molar-refractivity contribution in [1.29, 1.82) is 5.26 Å². The van der Waals surface area contributed by atoms with Gasteiger partial charge in [0.15, 0.2) is 6.10 Å². The Morgan fingerprint density at radius 2 is 1.93 bits per heavy atom. The lowest BCUT2D eigenvalue weighted by Crippen LogP contribution is -2.30. The Balaban J connectivity index is 1.75. The summed E-state index contributed by atoms with van der Waals surface area (Å²) in [7, 11) is 1.34. The van der Waals surface area contributed by atoms with Crippen LogP contribution < -0.4 is 10.1 Å². The van der Waals surface area contributed by atoms with Gasteiger partial charge < -0.3 is 14.8 Å². The number of nitrogens with zero attached hydrogens (tertiary/aromatic N) is 1. The van der Waals surface area contributed by atoms with E-state index in [4.69, 9.17) is 14.7 Å². The molecule has 1 N–H and O–H groups in total. The van der Waals surface area contributed by atoms with Gasteiger partial charge in [-0.3, -0.25) is 4.79 Å². The maximum absolute atomic E-state index is 12.6. The van der Waals surface area contributed by atoms with Gasteiger partial charge in [0.2, 0.25) is 0 Å². The number of thiophene rings is 1. The van der Waals surface area contributed by atoms with Crippen LogP contribution >= 0.6 is 11.3 Å². The number of carbonyl (C=O) groups excluding carboxylic acids is 2. The summed E-state index contributed by atoms with van der Waals surface area (Å²) in [6.45, 7) is 1.64. The summed E-state index contributed by atoms with van der Waals surface area (Å²) in [6, 6.07) is 8.58. The van der Waals surface area contributed by atoms with Crippen molar-refractivity contribution in [3.8, 4) is 11.8 Å². The largest absolute Gasteiger partial charge is 0.481 e. The molecule has 0 saturated heterocycles. The van der Waals surface area contributed by atoms with Crippen LogP contribution in [0.2, 0.25) is 0 Å². The zero-order valence-electron chi connectivity index (χ0n) is 15.2. The van der Waals surface area contributed by atoms with Gasteiger partial charge in [-0.1, -0.05) is 0 Å². The Labute approximate surface area is 161 Å². The molecule has 2 aromatic rings. The van der Waals surface area contributed by atoms with E-state index in [1.807, 2.05) is 6.07 Å². The smallest absolute Gasteiger partial charge is 0.341 e. The molecule has 0 bridgehead atoms. The maximum atomic E-state index is 12.6. The predicted molar refractivity (Wildman–Crippen MR) is 102 cm³/mol. The first-order valence-corrected chi connectivity index (χ1v) is 9.55. The molecule has 27 heavy (non-hydrogen) atoms. The van der Waals surface area contributed by atoms with E-state index < -0.39 is 12.1 Å². The molecule has 0 spiro atoms. The second-order valence-corrected chi connectivity index (χ2v) is 7.40. The Morgan fingerprint density at radius 1 is 1.22 bits per heavy atom. The monoisotopic (exact) mass is 384 g/mol. The standard InChI is InChI=1S/C20H20N2O4S/c1-12(26-14-9-7-13(11-21)8-10-14)18(23)22-19-17(20(24)25-2)15-5-3-4-6-16(15)27-19/h7-10,12H,3-6H2,1-2H3,(H,22,23). The van der Waals surface area contributed by atoms with Gasteiger partial charge in [0, 0.05) is 4.88 Å². The minimum atomic E-state index is -0.762. The van der Waals surface area contributed by atoms with Gasteiger partial charge in [0.05, 0.1) is 24.3 Å². The third kappa shape index (κ3) is 4.12. The van der Waals surface area contributed by atoms with Crippen LogP contribution in [0.4, 0.5) is 5.00 Å². The number of methoxy groups -OCH3 is 1. The van der Waals surface area contributed by atoms with E-state index in [1.165, 1.54) is 18.4 Å². The fourth-order valence-electron chi connectivity index (χ4n) is 3.05. The number of ether oxygens (including phenoxy) is 2. The highest BCUT2D eigenvalue weighted by Gasteiger charge is 2.28. The van der Waals surface area contributed by atoms with Crippen LogP contribution in [-0.2, 0) is 22.4 Å². The molecule has 3 rings (SSSR count). The maximum Gasteiger partial charge on any atom is 0.341 e. The molecular formula is C20H20N2O4S. The van der Waals surface area contributed by atoms with Crippen LogP contribution in [0.25, 0.3) is 0 Å². The molecule has 1 heterocycles. The van der Waals surface area contributed by atoms with Crippen LogP contribution in [-0.4, -0.2) is 25.1 Å². The molecular weight excluding hydrogens is 364 g/mol. The van der Waals surface area contributed by atoms with Crippen LogP contribution in [0, 0.1) is 11.3 Å². The van der Waals surface area contributed by atoms with E-state index in [2.05, 4.69) is 5.32 Å². The van der Waals surface area contributed by atoms with Gasteiger partial charge in [-0.15, -0.1) is 11.3 Å². The first kappa shape index (κ1) is 18.9. The SMILES string of the molecule is COC(=O)c1c(NC(=O)C(C)Oc2ccc(C#N)cc2)sc2c1CCCC2. The average Bonchev–Trinajstić information content (AvgIpc) is 3.05. The van der Waals surface area contributed by atoms with Crippen LogP contribution in [0.3, 0.4) is 0 Å². The van der Waals surface area contributed by atoms with Crippen molar-refractivity contribution in [3.05, 3.63) is 45.8 Å². The van der Waals surface area contributed by atoms with E-state index in [9.17, 15) is 9.59 Å². The number of nitrogens with one attached hydrogen (secondary N) is 1. The van der Waals surface area contributed by atoms with Crippen molar-refractivity contribution in [2.45, 2.75) is 38.7 Å². The molecule has 1 aliphatic carbocycles. The number of esters is 1. The van der Waals surface area contributed by atoms with Crippen LogP contribution in [0.5, 0.6) is 5.75 Å². The Bertz CT molecular complexity index is 896. The molecule has 7 heteroatoms. The third-order valence-corrected chi connectivity index (χ3v) is 5.67. The molecule has 1 aromatic heterocycles. The zero-order chi connectivity index (χ0) is 19.4. The Hall–Kier alpha value is -2.85. The summed E-state index contributed by atoms with van der Waals surface area (Å²) < 4.78 is 10.6. The highest BCUT2D eigenvalue weighted by molar-refractivity contribution is 7.17. The van der Waals surface area contributed by atoms with Crippen molar-refractivity contribution >= 4 is 28.2 Å². The number of anilines is 1. The van der Waals surface area contributed by atoms with Gasteiger partial charge in [0.25, 0.3) is 5.91 Å². The molecule has 0 radical (unpaired) electrons. The minimum Gasteiger partial charge on any atom is -0.481 e. The van der Waals surface area contributed by atoms with Crippen molar-refractivity contribution in [3.63, 3.8) is 0 Å². The predicted octanol–water partition coefficient (Wildman–Crippen LogP) is 3.69. The molecule has 1 unspecified atom stereocenters. The van der Waals surface area contributed by atoms with E-state index >= 15 is 0 Å². The van der Waals surface area contributed by atoms with Gasteiger partial charge >= 0.3 is 5.97 Å². The number of amides is 1. The second-order valence-electron chi connectivity index (χ2n) is 6.29. The minimum absolute atomic E-state index is 0.344. The van der Waals surface area contributed by atoms with Crippen molar-refractivity contribution in [2.75, 3.05) is 12.4 Å². The van der Waals surface area contributed by atoms with Gasteiger partial charge in [-0.25, -0.2) is 4.79 Å². The van der Waals surface area contributed by atoms with Crippen LogP contribution in [0.1, 0.15) is 46.1 Å². The van der Waals surface area contributed by atoms with E-state index in [0.29, 0.717) is 21.9 Å². The molecule has 1 aliphatic rings. The van der Waals surface area contributed by atoms with E-state index in [0.717, 1.165) is 36.1 Å². The number of carbonyl (C=O) groups is 2. The van der Waals surface area contributed by atoms with Gasteiger partial charge in [-0.2, -0.15) is 5.26 Å². The summed E-state index contributed by atoms with van der Waals surface area (Å²) in [5.41, 5.74) is 1.98. The summed E-state index contributed by atoms with van der Waals surface area (Å²) in [4.78, 5) is 26.0. The lowest BCUT2D eigenvalue weighted by Gasteiger charge is -2.15. The van der Waals surface area contributed by atoms with Crippen molar-refractivity contribution in [1.82, 2.24) is 0 Å². The average molecular weight is 384 g/mol.